The van der Waals surface area contributed by atoms with E-state index in [1.165, 1.54) is 5.56 Å². The minimum atomic E-state index is 0.499. The van der Waals surface area contributed by atoms with Crippen molar-refractivity contribution in [3.8, 4) is 5.75 Å². The Morgan fingerprint density at radius 3 is 2.78 bits per heavy atom. The van der Waals surface area contributed by atoms with E-state index in [0.717, 1.165) is 68.4 Å². The molecule has 6 heteroatoms. The van der Waals surface area contributed by atoms with Crippen LogP contribution in [0.1, 0.15) is 30.2 Å². The first-order chi connectivity index (χ1) is 13.2. The molecule has 2 aliphatic heterocycles. The minimum Gasteiger partial charge on any atom is -0.487 e. The van der Waals surface area contributed by atoms with Crippen LogP contribution in [0.15, 0.2) is 30.6 Å². The molecule has 1 unspecified atom stereocenters. The smallest absolute Gasteiger partial charge is 0.133 e. The van der Waals surface area contributed by atoms with Crippen molar-refractivity contribution in [2.45, 2.75) is 32.4 Å². The van der Waals surface area contributed by atoms with Gasteiger partial charge in [-0.15, -0.1) is 0 Å². The number of nitrogens with one attached hydrogen (secondary N) is 1. The summed E-state index contributed by atoms with van der Waals surface area (Å²) in [6.07, 6.45) is 3.59. The van der Waals surface area contributed by atoms with E-state index >= 15 is 0 Å². The van der Waals surface area contributed by atoms with Gasteiger partial charge in [-0.2, -0.15) is 0 Å². The average Bonchev–Trinajstić information content (AvgIpc) is 2.89. The molecule has 4 rings (SSSR count). The number of ether oxygens (including phenoxy) is 1. The van der Waals surface area contributed by atoms with Crippen LogP contribution in [0.25, 0.3) is 0 Å². The molecule has 3 heterocycles. The number of anilines is 1. The summed E-state index contributed by atoms with van der Waals surface area (Å²) >= 11 is 0. The molecule has 2 aliphatic rings. The lowest BCUT2D eigenvalue weighted by Crippen LogP contribution is -2.50. The molecule has 1 saturated heterocycles. The van der Waals surface area contributed by atoms with Crippen LogP contribution < -0.4 is 10.1 Å². The maximum Gasteiger partial charge on any atom is 0.133 e. The third kappa shape index (κ3) is 4.06. The lowest BCUT2D eigenvalue weighted by Gasteiger charge is -2.37. The van der Waals surface area contributed by atoms with Crippen LogP contribution in [0.4, 0.5) is 5.82 Å². The standard InChI is InChI=1S/C21H29N5O/c1-3-17(26-10-8-25(2)9-11-26)13-22-21-18-12-16-6-4-5-7-20(16)27-14-19(18)23-15-24-21/h4-7,15,17H,3,8-14H2,1-2H3,(H,22,23,24). The predicted octanol–water partition coefficient (Wildman–Crippen LogP) is 2.40. The lowest BCUT2D eigenvalue weighted by molar-refractivity contribution is 0.114. The average molecular weight is 367 g/mol. The molecule has 1 fully saturated rings. The van der Waals surface area contributed by atoms with Gasteiger partial charge in [0.05, 0.1) is 5.69 Å². The minimum absolute atomic E-state index is 0.499. The third-order valence-corrected chi connectivity index (χ3v) is 5.77. The highest BCUT2D eigenvalue weighted by Gasteiger charge is 2.23. The van der Waals surface area contributed by atoms with E-state index < -0.39 is 0 Å². The van der Waals surface area contributed by atoms with Crippen LogP contribution in [0.2, 0.25) is 0 Å². The summed E-state index contributed by atoms with van der Waals surface area (Å²) in [5.41, 5.74) is 3.34. The number of piperazine rings is 1. The van der Waals surface area contributed by atoms with E-state index in [1.54, 1.807) is 6.33 Å². The van der Waals surface area contributed by atoms with Gasteiger partial charge in [-0.05, 0) is 25.1 Å². The van der Waals surface area contributed by atoms with Gasteiger partial charge in [-0.25, -0.2) is 9.97 Å². The van der Waals surface area contributed by atoms with Crippen molar-refractivity contribution in [1.82, 2.24) is 19.8 Å². The van der Waals surface area contributed by atoms with Crippen LogP contribution >= 0.6 is 0 Å². The highest BCUT2D eigenvalue weighted by molar-refractivity contribution is 5.51. The van der Waals surface area contributed by atoms with Gasteiger partial charge >= 0.3 is 0 Å². The van der Waals surface area contributed by atoms with Crippen molar-refractivity contribution in [2.75, 3.05) is 45.1 Å². The van der Waals surface area contributed by atoms with Crippen molar-refractivity contribution in [3.63, 3.8) is 0 Å². The zero-order valence-electron chi connectivity index (χ0n) is 16.3. The van der Waals surface area contributed by atoms with Gasteiger partial charge in [0.25, 0.3) is 0 Å². The van der Waals surface area contributed by atoms with Gasteiger partial charge in [0.2, 0.25) is 0 Å². The van der Waals surface area contributed by atoms with E-state index in [0.29, 0.717) is 12.6 Å². The van der Waals surface area contributed by atoms with Crippen molar-refractivity contribution < 1.29 is 4.74 Å². The Bertz CT molecular complexity index is 773. The van der Waals surface area contributed by atoms with Crippen molar-refractivity contribution in [1.29, 1.82) is 0 Å². The zero-order chi connectivity index (χ0) is 18.6. The quantitative estimate of drug-likeness (QED) is 0.876. The van der Waals surface area contributed by atoms with E-state index in [1.807, 2.05) is 12.1 Å². The topological polar surface area (TPSA) is 53.5 Å². The first kappa shape index (κ1) is 18.2. The first-order valence-corrected chi connectivity index (χ1v) is 9.94. The van der Waals surface area contributed by atoms with Gasteiger partial charge in [-0.1, -0.05) is 25.1 Å². The van der Waals surface area contributed by atoms with E-state index in [2.05, 4.69) is 51.2 Å². The molecule has 0 amide bonds. The number of para-hydroxylation sites is 1. The summed E-state index contributed by atoms with van der Waals surface area (Å²) in [5, 5.41) is 3.63. The van der Waals surface area contributed by atoms with E-state index in [9.17, 15) is 0 Å². The molecule has 6 nitrogen and oxygen atoms in total. The summed E-state index contributed by atoms with van der Waals surface area (Å²) in [5.74, 6) is 1.90. The molecule has 0 saturated carbocycles. The molecular weight excluding hydrogens is 338 g/mol. The number of rotatable bonds is 5. The molecule has 1 N–H and O–H groups in total. The van der Waals surface area contributed by atoms with Gasteiger partial charge in [-0.3, -0.25) is 4.90 Å². The fraction of sp³-hybridized carbons (Fsp3) is 0.524. The molecule has 2 aromatic rings. The molecule has 0 radical (unpaired) electrons. The Morgan fingerprint density at radius 2 is 1.96 bits per heavy atom. The SMILES string of the molecule is CCC(CNc1ncnc2c1Cc1ccccc1OC2)N1CCN(C)CC1. The van der Waals surface area contributed by atoms with Crippen LogP contribution in [-0.4, -0.2) is 65.6 Å². The van der Waals surface area contributed by atoms with Crippen LogP contribution in [0, 0.1) is 0 Å². The van der Waals surface area contributed by atoms with Crippen LogP contribution in [0.3, 0.4) is 0 Å². The second kappa shape index (κ2) is 8.23. The fourth-order valence-electron chi connectivity index (χ4n) is 3.97. The van der Waals surface area contributed by atoms with Crippen LogP contribution in [-0.2, 0) is 13.0 Å². The second-order valence-corrected chi connectivity index (χ2v) is 7.50. The summed E-state index contributed by atoms with van der Waals surface area (Å²) in [4.78, 5) is 14.0. The Labute approximate surface area is 161 Å². The fourth-order valence-corrected chi connectivity index (χ4v) is 3.97. The molecule has 0 spiro atoms. The van der Waals surface area contributed by atoms with Gasteiger partial charge < -0.3 is 15.0 Å². The largest absolute Gasteiger partial charge is 0.487 e. The summed E-state index contributed by atoms with van der Waals surface area (Å²) in [7, 11) is 2.20. The lowest BCUT2D eigenvalue weighted by atomic mass is 10.0. The first-order valence-electron chi connectivity index (χ1n) is 9.94. The van der Waals surface area contributed by atoms with Gasteiger partial charge in [0.15, 0.2) is 0 Å². The number of nitrogens with zero attached hydrogens (tertiary/aromatic N) is 4. The maximum atomic E-state index is 5.95. The Hall–Kier alpha value is -2.18. The van der Waals surface area contributed by atoms with Gasteiger partial charge in [0, 0.05) is 50.7 Å². The Balaban J connectivity index is 1.49. The number of aromatic nitrogens is 2. The zero-order valence-corrected chi connectivity index (χ0v) is 16.3. The monoisotopic (exact) mass is 367 g/mol. The van der Waals surface area contributed by atoms with Gasteiger partial charge in [0.1, 0.15) is 24.5 Å². The van der Waals surface area contributed by atoms with E-state index in [4.69, 9.17) is 4.74 Å². The molecule has 1 aromatic carbocycles. The predicted molar refractivity (Wildman–Crippen MR) is 107 cm³/mol. The summed E-state index contributed by atoms with van der Waals surface area (Å²) < 4.78 is 5.95. The number of hydrogen-bond acceptors (Lipinski definition) is 6. The molecule has 0 aliphatic carbocycles. The van der Waals surface area contributed by atoms with Crippen molar-refractivity contribution in [2.24, 2.45) is 0 Å². The normalized spacial score (nSPS) is 18.7. The molecule has 27 heavy (non-hydrogen) atoms. The summed E-state index contributed by atoms with van der Waals surface area (Å²) in [6.45, 7) is 8.25. The van der Waals surface area contributed by atoms with Crippen molar-refractivity contribution >= 4 is 5.82 Å². The van der Waals surface area contributed by atoms with E-state index in [-0.39, 0.29) is 0 Å². The highest BCUT2D eigenvalue weighted by Crippen LogP contribution is 2.30. The Kier molecular flexibility index (Phi) is 5.55. The summed E-state index contributed by atoms with van der Waals surface area (Å²) in [6, 6.07) is 8.76. The van der Waals surface area contributed by atoms with Crippen LogP contribution in [0.5, 0.6) is 5.75 Å². The molecule has 0 bridgehead atoms. The third-order valence-electron chi connectivity index (χ3n) is 5.77. The maximum absolute atomic E-state index is 5.95. The number of benzene rings is 1. The molecule has 1 atom stereocenters. The molecular formula is C21H29N5O. The Morgan fingerprint density at radius 1 is 1.15 bits per heavy atom. The number of hydrogen-bond donors (Lipinski definition) is 1. The highest BCUT2D eigenvalue weighted by atomic mass is 16.5. The number of fused-ring (bicyclic) bond motifs is 2. The number of likely N-dealkylation sites (N-methyl/N-ethyl adjacent to an activating group) is 1. The molecule has 1 aromatic heterocycles. The molecule has 144 valence electrons. The van der Waals surface area contributed by atoms with Crippen molar-refractivity contribution in [3.05, 3.63) is 47.4 Å². The second-order valence-electron chi connectivity index (χ2n) is 7.50.